The van der Waals surface area contributed by atoms with Gasteiger partial charge in [-0.15, -0.1) is 0 Å². The van der Waals surface area contributed by atoms with Crippen molar-refractivity contribution in [3.63, 3.8) is 0 Å². The molecule has 1 unspecified atom stereocenters. The molecule has 0 radical (unpaired) electrons. The van der Waals surface area contributed by atoms with E-state index in [0.29, 0.717) is 6.10 Å². The smallest absolute Gasteiger partial charge is 0.126 e. The van der Waals surface area contributed by atoms with Gasteiger partial charge in [-0.1, -0.05) is 12.1 Å². The summed E-state index contributed by atoms with van der Waals surface area (Å²) < 4.78 is 6.61. The number of nitrogens with one attached hydrogen (secondary N) is 1. The lowest BCUT2D eigenvalue weighted by Crippen LogP contribution is -2.18. The van der Waals surface area contributed by atoms with Crippen LogP contribution in [-0.2, 0) is 4.74 Å². The predicted octanol–water partition coefficient (Wildman–Crippen LogP) is 3.59. The van der Waals surface area contributed by atoms with Gasteiger partial charge in [0, 0.05) is 23.0 Å². The zero-order valence-corrected chi connectivity index (χ0v) is 11.6. The zero-order valence-electron chi connectivity index (χ0n) is 10.0. The van der Waals surface area contributed by atoms with Crippen LogP contribution in [0.2, 0.25) is 0 Å². The van der Waals surface area contributed by atoms with Gasteiger partial charge in [-0.05, 0) is 47.0 Å². The van der Waals surface area contributed by atoms with Crippen molar-refractivity contribution in [2.24, 2.45) is 0 Å². The Labute approximate surface area is 115 Å². The molecule has 1 fully saturated rings. The van der Waals surface area contributed by atoms with Gasteiger partial charge in [-0.25, -0.2) is 4.98 Å². The lowest BCUT2D eigenvalue weighted by molar-refractivity contribution is 0.120. The standard InChI is InChI=1S/C14H15BrN2O/c15-12-5-1-3-10-6-7-13(17-14(10)12)16-9-11-4-2-8-18-11/h1,3,5-7,11H,2,4,8-9H2,(H,16,17). The number of nitrogens with zero attached hydrogens (tertiary/aromatic N) is 1. The van der Waals surface area contributed by atoms with Crippen molar-refractivity contribution in [1.29, 1.82) is 0 Å². The number of halogens is 1. The third kappa shape index (κ3) is 2.49. The number of para-hydroxylation sites is 1. The average Bonchev–Trinajstić information content (AvgIpc) is 2.90. The van der Waals surface area contributed by atoms with Crippen molar-refractivity contribution in [2.45, 2.75) is 18.9 Å². The van der Waals surface area contributed by atoms with Gasteiger partial charge in [-0.3, -0.25) is 0 Å². The Bertz CT molecular complexity index is 552. The van der Waals surface area contributed by atoms with E-state index in [4.69, 9.17) is 4.74 Å². The van der Waals surface area contributed by atoms with Gasteiger partial charge < -0.3 is 10.1 Å². The molecular weight excluding hydrogens is 292 g/mol. The fraction of sp³-hybridized carbons (Fsp3) is 0.357. The minimum Gasteiger partial charge on any atom is -0.376 e. The Kier molecular flexibility index (Phi) is 3.48. The van der Waals surface area contributed by atoms with Gasteiger partial charge in [-0.2, -0.15) is 0 Å². The monoisotopic (exact) mass is 306 g/mol. The summed E-state index contributed by atoms with van der Waals surface area (Å²) in [5.74, 6) is 0.907. The van der Waals surface area contributed by atoms with Crippen LogP contribution in [0.15, 0.2) is 34.8 Å². The molecule has 18 heavy (non-hydrogen) atoms. The number of ether oxygens (including phenoxy) is 1. The first-order valence-corrected chi connectivity index (χ1v) is 7.03. The van der Waals surface area contributed by atoms with E-state index in [0.717, 1.165) is 40.8 Å². The first kappa shape index (κ1) is 11.9. The normalized spacial score (nSPS) is 19.3. The van der Waals surface area contributed by atoms with Crippen molar-refractivity contribution < 1.29 is 4.74 Å². The van der Waals surface area contributed by atoms with Crippen molar-refractivity contribution >= 4 is 32.7 Å². The number of fused-ring (bicyclic) bond motifs is 1. The molecule has 94 valence electrons. The van der Waals surface area contributed by atoms with Crippen LogP contribution in [0.25, 0.3) is 10.9 Å². The van der Waals surface area contributed by atoms with Crippen LogP contribution in [0, 0.1) is 0 Å². The molecule has 2 aromatic rings. The summed E-state index contributed by atoms with van der Waals surface area (Å²) in [5, 5.41) is 4.49. The van der Waals surface area contributed by atoms with Crippen LogP contribution in [0.4, 0.5) is 5.82 Å². The Morgan fingerprint density at radius 3 is 3.11 bits per heavy atom. The second-order valence-corrected chi connectivity index (χ2v) is 5.38. The van der Waals surface area contributed by atoms with E-state index in [1.165, 1.54) is 6.42 Å². The highest BCUT2D eigenvalue weighted by Gasteiger charge is 2.15. The van der Waals surface area contributed by atoms with Crippen molar-refractivity contribution in [2.75, 3.05) is 18.5 Å². The minimum atomic E-state index is 0.335. The second kappa shape index (κ2) is 5.24. The number of anilines is 1. The summed E-state index contributed by atoms with van der Waals surface area (Å²) in [4.78, 5) is 4.62. The number of aromatic nitrogens is 1. The largest absolute Gasteiger partial charge is 0.376 e. The number of benzene rings is 1. The average molecular weight is 307 g/mol. The predicted molar refractivity (Wildman–Crippen MR) is 76.9 cm³/mol. The first-order chi connectivity index (χ1) is 8.83. The molecule has 0 amide bonds. The second-order valence-electron chi connectivity index (χ2n) is 4.52. The molecular formula is C14H15BrN2O. The van der Waals surface area contributed by atoms with E-state index in [1.54, 1.807) is 0 Å². The van der Waals surface area contributed by atoms with Crippen LogP contribution >= 0.6 is 15.9 Å². The van der Waals surface area contributed by atoms with E-state index < -0.39 is 0 Å². The fourth-order valence-electron chi connectivity index (χ4n) is 2.23. The molecule has 3 rings (SSSR count). The third-order valence-corrected chi connectivity index (χ3v) is 3.85. The number of hydrogen-bond donors (Lipinski definition) is 1. The highest BCUT2D eigenvalue weighted by Crippen LogP contribution is 2.23. The molecule has 0 bridgehead atoms. The summed E-state index contributed by atoms with van der Waals surface area (Å²) in [6.07, 6.45) is 2.65. The lowest BCUT2D eigenvalue weighted by Gasteiger charge is -2.11. The summed E-state index contributed by atoms with van der Waals surface area (Å²) in [7, 11) is 0. The molecule has 1 saturated heterocycles. The molecule has 1 aromatic carbocycles. The van der Waals surface area contributed by atoms with Gasteiger partial charge in [0.05, 0.1) is 11.6 Å². The first-order valence-electron chi connectivity index (χ1n) is 6.24. The van der Waals surface area contributed by atoms with E-state index in [-0.39, 0.29) is 0 Å². The molecule has 1 atom stereocenters. The number of pyridine rings is 1. The van der Waals surface area contributed by atoms with Gasteiger partial charge in [0.2, 0.25) is 0 Å². The van der Waals surface area contributed by atoms with Gasteiger partial charge in [0.25, 0.3) is 0 Å². The van der Waals surface area contributed by atoms with Crippen LogP contribution < -0.4 is 5.32 Å². The summed E-state index contributed by atoms with van der Waals surface area (Å²) in [6.45, 7) is 1.73. The molecule has 1 aliphatic rings. The maximum absolute atomic E-state index is 5.59. The Hall–Kier alpha value is -1.13. The van der Waals surface area contributed by atoms with Crippen LogP contribution in [-0.4, -0.2) is 24.2 Å². The van der Waals surface area contributed by atoms with Gasteiger partial charge >= 0.3 is 0 Å². The van der Waals surface area contributed by atoms with Gasteiger partial charge in [0.15, 0.2) is 0 Å². The Morgan fingerprint density at radius 1 is 1.33 bits per heavy atom. The van der Waals surface area contributed by atoms with E-state index in [9.17, 15) is 0 Å². The summed E-state index contributed by atoms with van der Waals surface area (Å²) in [6, 6.07) is 10.2. The van der Waals surface area contributed by atoms with E-state index >= 15 is 0 Å². The topological polar surface area (TPSA) is 34.1 Å². The molecule has 3 nitrogen and oxygen atoms in total. The molecule has 1 aliphatic heterocycles. The molecule has 0 saturated carbocycles. The highest BCUT2D eigenvalue weighted by molar-refractivity contribution is 9.10. The van der Waals surface area contributed by atoms with Crippen LogP contribution in [0.1, 0.15) is 12.8 Å². The third-order valence-electron chi connectivity index (χ3n) is 3.21. The quantitative estimate of drug-likeness (QED) is 0.941. The maximum Gasteiger partial charge on any atom is 0.126 e. The zero-order chi connectivity index (χ0) is 12.4. The Morgan fingerprint density at radius 2 is 2.28 bits per heavy atom. The van der Waals surface area contributed by atoms with E-state index in [2.05, 4.69) is 38.4 Å². The van der Waals surface area contributed by atoms with Crippen molar-refractivity contribution in [3.8, 4) is 0 Å². The number of rotatable bonds is 3. The summed E-state index contributed by atoms with van der Waals surface area (Å²) >= 11 is 3.53. The molecule has 1 N–H and O–H groups in total. The van der Waals surface area contributed by atoms with E-state index in [1.807, 2.05) is 18.2 Å². The molecule has 2 heterocycles. The highest BCUT2D eigenvalue weighted by atomic mass is 79.9. The lowest BCUT2D eigenvalue weighted by atomic mass is 10.2. The van der Waals surface area contributed by atoms with Crippen molar-refractivity contribution in [1.82, 2.24) is 4.98 Å². The van der Waals surface area contributed by atoms with Gasteiger partial charge in [0.1, 0.15) is 5.82 Å². The SMILES string of the molecule is Brc1cccc2ccc(NCC3CCCO3)nc12. The fourth-order valence-corrected chi connectivity index (χ4v) is 2.70. The molecule has 0 spiro atoms. The maximum atomic E-state index is 5.59. The Balaban J connectivity index is 1.77. The number of hydrogen-bond acceptors (Lipinski definition) is 3. The summed E-state index contributed by atoms with van der Waals surface area (Å²) in [5.41, 5.74) is 0.995. The molecule has 0 aliphatic carbocycles. The van der Waals surface area contributed by atoms with Crippen LogP contribution in [0.3, 0.4) is 0 Å². The molecule has 1 aromatic heterocycles. The minimum absolute atomic E-state index is 0.335. The molecule has 4 heteroatoms. The van der Waals surface area contributed by atoms with Crippen molar-refractivity contribution in [3.05, 3.63) is 34.8 Å². The van der Waals surface area contributed by atoms with Crippen LogP contribution in [0.5, 0.6) is 0 Å².